The van der Waals surface area contributed by atoms with Crippen molar-refractivity contribution in [3.8, 4) is 0 Å². The summed E-state index contributed by atoms with van der Waals surface area (Å²) < 4.78 is 0. The summed E-state index contributed by atoms with van der Waals surface area (Å²) in [4.78, 5) is 11.9. The van der Waals surface area contributed by atoms with Crippen LogP contribution >= 0.6 is 24.0 Å². The Bertz CT molecular complexity index is 435. The minimum atomic E-state index is -0.194. The molecule has 20 heavy (non-hydrogen) atoms. The first-order valence-electron chi connectivity index (χ1n) is 6.59. The molecule has 0 aliphatic heterocycles. The maximum atomic E-state index is 11.9. The fourth-order valence-corrected chi connectivity index (χ4v) is 2.13. The molecule has 1 aromatic rings. The van der Waals surface area contributed by atoms with Crippen molar-refractivity contribution in [2.24, 2.45) is 0 Å². The van der Waals surface area contributed by atoms with Crippen LogP contribution in [0.3, 0.4) is 0 Å². The van der Waals surface area contributed by atoms with Crippen molar-refractivity contribution in [1.29, 1.82) is 0 Å². The predicted molar refractivity (Wildman–Crippen MR) is 90.0 cm³/mol. The van der Waals surface area contributed by atoms with Gasteiger partial charge in [0.05, 0.1) is 0 Å². The van der Waals surface area contributed by atoms with E-state index in [9.17, 15) is 4.79 Å². The van der Waals surface area contributed by atoms with Gasteiger partial charge in [0.1, 0.15) is 0 Å². The Morgan fingerprint density at radius 1 is 1.25 bits per heavy atom. The summed E-state index contributed by atoms with van der Waals surface area (Å²) in [7, 11) is 0. The lowest BCUT2D eigenvalue weighted by Crippen LogP contribution is -2.47. The van der Waals surface area contributed by atoms with E-state index in [0.29, 0.717) is 10.7 Å². The summed E-state index contributed by atoms with van der Waals surface area (Å²) in [6.07, 6.45) is 4.07. The summed E-state index contributed by atoms with van der Waals surface area (Å²) in [5.74, 6) is 0.895. The summed E-state index contributed by atoms with van der Waals surface area (Å²) in [6.45, 7) is 2.88. The molecule has 0 radical (unpaired) electrons. The molecule has 0 atom stereocenters. The lowest BCUT2D eigenvalue weighted by molar-refractivity contribution is 0.0943. The lowest BCUT2D eigenvalue weighted by Gasteiger charge is -2.11. The Kier molecular flexibility index (Phi) is 8.06. The molecule has 0 bridgehead atoms. The van der Waals surface area contributed by atoms with Crippen LogP contribution in [0.15, 0.2) is 24.3 Å². The summed E-state index contributed by atoms with van der Waals surface area (Å²) in [5.41, 5.74) is 7.10. The van der Waals surface area contributed by atoms with Crippen LogP contribution < -0.4 is 16.2 Å². The smallest absolute Gasteiger partial charge is 0.269 e. The minimum Gasteiger partial charge on any atom is -0.361 e. The van der Waals surface area contributed by atoms with Gasteiger partial charge in [-0.3, -0.25) is 15.6 Å². The molecule has 0 aromatic heterocycles. The van der Waals surface area contributed by atoms with E-state index in [1.165, 1.54) is 5.56 Å². The minimum absolute atomic E-state index is 0.194. The van der Waals surface area contributed by atoms with E-state index in [2.05, 4.69) is 29.3 Å². The Morgan fingerprint density at radius 2 is 1.95 bits per heavy atom. The van der Waals surface area contributed by atoms with Crippen molar-refractivity contribution in [3.63, 3.8) is 0 Å². The molecule has 0 fully saturated rings. The highest BCUT2D eigenvalue weighted by atomic mass is 32.2. The molecule has 0 aliphatic carbocycles. The number of hydrogen-bond donors (Lipinski definition) is 3. The molecule has 1 rings (SSSR count). The van der Waals surface area contributed by atoms with E-state index >= 15 is 0 Å². The number of aryl methyl sites for hydroxylation is 1. The fourth-order valence-electron chi connectivity index (χ4n) is 1.54. The highest BCUT2D eigenvalue weighted by Crippen LogP contribution is 2.04. The van der Waals surface area contributed by atoms with Gasteiger partial charge in [-0.2, -0.15) is 11.8 Å². The van der Waals surface area contributed by atoms with E-state index < -0.39 is 0 Å². The number of amides is 1. The second-order valence-corrected chi connectivity index (χ2v) is 5.63. The van der Waals surface area contributed by atoms with Crippen molar-refractivity contribution in [3.05, 3.63) is 35.4 Å². The van der Waals surface area contributed by atoms with Crippen LogP contribution in [0.4, 0.5) is 0 Å². The number of benzene rings is 1. The van der Waals surface area contributed by atoms with E-state index in [1.54, 1.807) is 11.8 Å². The van der Waals surface area contributed by atoms with Crippen molar-refractivity contribution in [2.45, 2.75) is 19.8 Å². The van der Waals surface area contributed by atoms with Gasteiger partial charge >= 0.3 is 0 Å². The van der Waals surface area contributed by atoms with Crippen LogP contribution in [0.1, 0.15) is 29.3 Å². The average molecular weight is 311 g/mol. The van der Waals surface area contributed by atoms with E-state index in [4.69, 9.17) is 12.2 Å². The Labute approximate surface area is 130 Å². The number of thioether (sulfide) groups is 1. The zero-order valence-corrected chi connectivity index (χ0v) is 13.5. The topological polar surface area (TPSA) is 53.2 Å². The van der Waals surface area contributed by atoms with Crippen LogP contribution in [0.25, 0.3) is 0 Å². The average Bonchev–Trinajstić information content (AvgIpc) is 2.49. The monoisotopic (exact) mass is 311 g/mol. The van der Waals surface area contributed by atoms with Crippen LogP contribution in [-0.4, -0.2) is 29.6 Å². The summed E-state index contributed by atoms with van der Waals surface area (Å²) >= 11 is 6.87. The van der Waals surface area contributed by atoms with Crippen LogP contribution in [0, 0.1) is 0 Å². The molecule has 0 aliphatic rings. The van der Waals surface area contributed by atoms with Crippen molar-refractivity contribution >= 4 is 35.0 Å². The second kappa shape index (κ2) is 9.61. The number of carbonyl (C=O) groups excluding carboxylic acids is 1. The van der Waals surface area contributed by atoms with Gasteiger partial charge in [0.25, 0.3) is 5.91 Å². The molecule has 6 heteroatoms. The van der Waals surface area contributed by atoms with Gasteiger partial charge < -0.3 is 5.32 Å². The fraction of sp³-hybridized carbons (Fsp3) is 0.429. The maximum Gasteiger partial charge on any atom is 0.269 e. The van der Waals surface area contributed by atoms with Crippen LogP contribution in [0.2, 0.25) is 0 Å². The molecule has 0 spiro atoms. The number of carbonyl (C=O) groups is 1. The Balaban J connectivity index is 2.29. The first-order chi connectivity index (χ1) is 9.67. The third-order valence-electron chi connectivity index (χ3n) is 2.72. The molecule has 0 heterocycles. The zero-order chi connectivity index (χ0) is 14.8. The lowest BCUT2D eigenvalue weighted by atomic mass is 10.1. The number of thiocarbonyl (C=S) groups is 1. The van der Waals surface area contributed by atoms with E-state index in [1.807, 2.05) is 24.3 Å². The van der Waals surface area contributed by atoms with Gasteiger partial charge in [0.15, 0.2) is 5.11 Å². The van der Waals surface area contributed by atoms with E-state index in [0.717, 1.165) is 25.1 Å². The number of hydrogen-bond acceptors (Lipinski definition) is 3. The van der Waals surface area contributed by atoms with Crippen molar-refractivity contribution in [2.75, 3.05) is 18.6 Å². The summed E-state index contributed by atoms with van der Waals surface area (Å²) in [6, 6.07) is 7.53. The standard InChI is InChI=1S/C14H21N3OS2/c1-3-11-5-7-12(8-6-11)13(18)16-17-14(19)15-9-4-10-20-2/h5-8H,3-4,9-10H2,1-2H3,(H,16,18)(H2,15,17,19). The first kappa shape index (κ1) is 16.8. The number of hydrazine groups is 1. The predicted octanol–water partition coefficient (Wildman–Crippen LogP) is 2.11. The third-order valence-corrected chi connectivity index (χ3v) is 3.67. The molecule has 0 saturated carbocycles. The SMILES string of the molecule is CCc1ccc(C(=O)NNC(=S)NCCCSC)cc1. The van der Waals surface area contributed by atoms with Gasteiger partial charge in [-0.05, 0) is 54.8 Å². The molecule has 4 nitrogen and oxygen atoms in total. The molecule has 0 unspecified atom stereocenters. The molecule has 110 valence electrons. The van der Waals surface area contributed by atoms with E-state index in [-0.39, 0.29) is 5.91 Å². The van der Waals surface area contributed by atoms with Gasteiger partial charge in [0.2, 0.25) is 0 Å². The van der Waals surface area contributed by atoms with Gasteiger partial charge in [-0.15, -0.1) is 0 Å². The van der Waals surface area contributed by atoms with Crippen LogP contribution in [0.5, 0.6) is 0 Å². The molecular weight excluding hydrogens is 290 g/mol. The third kappa shape index (κ3) is 6.25. The van der Waals surface area contributed by atoms with Crippen LogP contribution in [-0.2, 0) is 6.42 Å². The van der Waals surface area contributed by atoms with Crippen molar-refractivity contribution in [1.82, 2.24) is 16.2 Å². The highest BCUT2D eigenvalue weighted by molar-refractivity contribution is 7.98. The quantitative estimate of drug-likeness (QED) is 0.427. The summed E-state index contributed by atoms with van der Waals surface area (Å²) in [5, 5.41) is 3.47. The highest BCUT2D eigenvalue weighted by Gasteiger charge is 2.05. The van der Waals surface area contributed by atoms with Gasteiger partial charge in [0, 0.05) is 12.1 Å². The molecule has 1 amide bonds. The second-order valence-electron chi connectivity index (χ2n) is 4.23. The van der Waals surface area contributed by atoms with Gasteiger partial charge in [-0.1, -0.05) is 19.1 Å². The molecule has 0 saturated heterocycles. The molecular formula is C14H21N3OS2. The maximum absolute atomic E-state index is 11.9. The van der Waals surface area contributed by atoms with Crippen molar-refractivity contribution < 1.29 is 4.79 Å². The van der Waals surface area contributed by atoms with Gasteiger partial charge in [-0.25, -0.2) is 0 Å². The number of rotatable bonds is 6. The largest absolute Gasteiger partial charge is 0.361 e. The number of nitrogens with one attached hydrogen (secondary N) is 3. The first-order valence-corrected chi connectivity index (χ1v) is 8.39. The Hall–Kier alpha value is -1.27. The normalized spacial score (nSPS) is 9.90. The Morgan fingerprint density at radius 3 is 2.55 bits per heavy atom. The molecule has 3 N–H and O–H groups in total. The molecule has 1 aromatic carbocycles. The zero-order valence-electron chi connectivity index (χ0n) is 11.9.